The highest BCUT2D eigenvalue weighted by Gasteiger charge is 2.30. The maximum atomic E-state index is 14.3. The molecular formula is C31H28F2N6O4S. The van der Waals surface area contributed by atoms with Crippen molar-refractivity contribution in [2.75, 3.05) is 29.4 Å². The molecule has 1 saturated heterocycles. The van der Waals surface area contributed by atoms with E-state index in [1.165, 1.54) is 56.5 Å². The minimum Gasteiger partial charge on any atom is -0.346 e. The zero-order valence-corrected chi connectivity index (χ0v) is 24.3. The maximum absolute atomic E-state index is 14.3. The van der Waals surface area contributed by atoms with Crippen LogP contribution in [0.15, 0.2) is 90.2 Å². The molecule has 1 aliphatic rings. The van der Waals surface area contributed by atoms with Crippen LogP contribution in [0.4, 0.5) is 26.0 Å². The van der Waals surface area contributed by atoms with Gasteiger partial charge in [-0.25, -0.2) is 18.7 Å². The first-order chi connectivity index (χ1) is 21.3. The zero-order chi connectivity index (χ0) is 30.7. The lowest BCUT2D eigenvalue weighted by Crippen LogP contribution is -2.31. The summed E-state index contributed by atoms with van der Waals surface area (Å²) >= 11 is 0. The Morgan fingerprint density at radius 3 is 2.48 bits per heavy atom. The Kier molecular flexibility index (Phi) is 8.22. The van der Waals surface area contributed by atoms with Crippen LogP contribution in [0, 0.1) is 11.6 Å². The Bertz CT molecular complexity index is 1910. The number of nitrogens with zero attached hydrogens (tertiary/aromatic N) is 5. The van der Waals surface area contributed by atoms with Gasteiger partial charge in [0.05, 0.1) is 11.4 Å². The van der Waals surface area contributed by atoms with Crippen LogP contribution in [0.3, 0.4) is 0 Å². The highest BCUT2D eigenvalue weighted by molar-refractivity contribution is 7.92. The Balaban J connectivity index is 1.18. The summed E-state index contributed by atoms with van der Waals surface area (Å²) in [5.41, 5.74) is 3.26. The molecule has 0 unspecified atom stereocenters. The summed E-state index contributed by atoms with van der Waals surface area (Å²) in [5.74, 6) is -1.78. The molecule has 0 saturated carbocycles. The van der Waals surface area contributed by atoms with Crippen LogP contribution < -0.4 is 9.79 Å². The van der Waals surface area contributed by atoms with Crippen LogP contribution in [0.2, 0.25) is 0 Å². The lowest BCUT2D eigenvalue weighted by atomic mass is 10.1. The van der Waals surface area contributed by atoms with Gasteiger partial charge in [-0.1, -0.05) is 10.5 Å². The lowest BCUT2D eigenvalue weighted by molar-refractivity contribution is -0.128. The highest BCUT2D eigenvalue weighted by atomic mass is 32.2. The minimum atomic E-state index is -4.70. The standard InChI is InChI=1S/C31H28F2N6O4S/c32-24-4-10-30(27(33)18-24)44(41,42)39(43-21-40)26-7-5-25(6-8-26)36-31-19-28(34-20-35-31)22-3-9-29-23(17-22)11-14-38(29)16-15-37-12-1-2-13-37/h3-11,14,17-21H,1-2,12-13,15-16H2,(H,34,35,36). The van der Waals surface area contributed by atoms with Gasteiger partial charge in [0, 0.05) is 53.6 Å². The summed E-state index contributed by atoms with van der Waals surface area (Å²) < 4.78 is 56.2. The van der Waals surface area contributed by atoms with Gasteiger partial charge in [0.25, 0.3) is 10.0 Å². The third-order valence-corrected chi connectivity index (χ3v) is 9.09. The van der Waals surface area contributed by atoms with Crippen molar-refractivity contribution in [2.24, 2.45) is 0 Å². The third kappa shape index (κ3) is 6.10. The van der Waals surface area contributed by atoms with Gasteiger partial charge in [-0.3, -0.25) is 4.79 Å². The number of fused-ring (bicyclic) bond motifs is 1. The van der Waals surface area contributed by atoms with E-state index in [0.717, 1.165) is 41.7 Å². The highest BCUT2D eigenvalue weighted by Crippen LogP contribution is 2.29. The molecule has 0 amide bonds. The van der Waals surface area contributed by atoms with Crippen molar-refractivity contribution in [2.45, 2.75) is 24.3 Å². The van der Waals surface area contributed by atoms with E-state index in [1.54, 1.807) is 6.07 Å². The van der Waals surface area contributed by atoms with E-state index in [1.807, 2.05) is 6.07 Å². The number of likely N-dealkylation sites (tertiary alicyclic amines) is 1. The number of anilines is 3. The number of carbonyl (C=O) groups excluding carboxylic acids is 1. The van der Waals surface area contributed by atoms with E-state index in [2.05, 4.69) is 54.0 Å². The molecule has 1 aliphatic heterocycles. The summed E-state index contributed by atoms with van der Waals surface area (Å²) in [7, 11) is -4.70. The van der Waals surface area contributed by atoms with E-state index < -0.39 is 26.6 Å². The van der Waals surface area contributed by atoms with Crippen LogP contribution >= 0.6 is 0 Å². The molecule has 2 aromatic heterocycles. The number of benzene rings is 3. The molecule has 226 valence electrons. The van der Waals surface area contributed by atoms with E-state index >= 15 is 0 Å². The summed E-state index contributed by atoms with van der Waals surface area (Å²) in [6, 6.07) is 17.9. The summed E-state index contributed by atoms with van der Waals surface area (Å²) in [5, 5.41) is 4.26. The van der Waals surface area contributed by atoms with Crippen molar-refractivity contribution in [3.05, 3.63) is 97.0 Å². The number of rotatable bonds is 11. The smallest absolute Gasteiger partial charge is 0.322 e. The molecule has 10 nitrogen and oxygen atoms in total. The fraction of sp³-hybridized carbons (Fsp3) is 0.194. The van der Waals surface area contributed by atoms with Gasteiger partial charge >= 0.3 is 6.47 Å². The van der Waals surface area contributed by atoms with E-state index in [-0.39, 0.29) is 16.6 Å². The molecule has 1 fully saturated rings. The molecule has 1 N–H and O–H groups in total. The van der Waals surface area contributed by atoms with Crippen molar-refractivity contribution in [3.63, 3.8) is 0 Å². The Morgan fingerprint density at radius 1 is 0.932 bits per heavy atom. The van der Waals surface area contributed by atoms with Crippen molar-refractivity contribution in [1.82, 2.24) is 19.4 Å². The second-order valence-electron chi connectivity index (χ2n) is 10.3. The molecule has 0 bridgehead atoms. The average Bonchev–Trinajstić information content (AvgIpc) is 3.69. The molecule has 13 heteroatoms. The molecule has 44 heavy (non-hydrogen) atoms. The summed E-state index contributed by atoms with van der Waals surface area (Å²) in [6.07, 6.45) is 6.11. The topological polar surface area (TPSA) is 110 Å². The largest absolute Gasteiger partial charge is 0.346 e. The van der Waals surface area contributed by atoms with Crippen molar-refractivity contribution in [3.8, 4) is 11.3 Å². The molecule has 5 aromatic rings. The fourth-order valence-electron chi connectivity index (χ4n) is 5.28. The fourth-order valence-corrected chi connectivity index (χ4v) is 6.55. The first kappa shape index (κ1) is 29.2. The molecule has 0 spiro atoms. The van der Waals surface area contributed by atoms with Gasteiger partial charge in [-0.15, -0.1) is 0 Å². The van der Waals surface area contributed by atoms with Crippen LogP contribution in [0.25, 0.3) is 22.2 Å². The lowest BCUT2D eigenvalue weighted by Gasteiger charge is -2.21. The van der Waals surface area contributed by atoms with Gasteiger partial charge in [-0.05, 0) is 80.5 Å². The van der Waals surface area contributed by atoms with Gasteiger partial charge in [0.15, 0.2) is 0 Å². The maximum Gasteiger partial charge on any atom is 0.322 e. The van der Waals surface area contributed by atoms with Gasteiger partial charge in [-0.2, -0.15) is 8.42 Å². The van der Waals surface area contributed by atoms with Crippen molar-refractivity contribution >= 4 is 44.6 Å². The minimum absolute atomic E-state index is 0.0876. The van der Waals surface area contributed by atoms with Gasteiger partial charge in [0.2, 0.25) is 0 Å². The second kappa shape index (κ2) is 12.4. The van der Waals surface area contributed by atoms with E-state index in [9.17, 15) is 22.0 Å². The Labute approximate surface area is 252 Å². The monoisotopic (exact) mass is 618 g/mol. The number of halogens is 2. The summed E-state index contributed by atoms with van der Waals surface area (Å²) in [6.45, 7) is 4.22. The molecule has 3 heterocycles. The third-order valence-electron chi connectivity index (χ3n) is 7.47. The molecule has 0 radical (unpaired) electrons. The van der Waals surface area contributed by atoms with Gasteiger partial charge in [0.1, 0.15) is 28.7 Å². The average molecular weight is 619 g/mol. The molecule has 0 atom stereocenters. The Hall–Kier alpha value is -4.88. The quantitative estimate of drug-likeness (QED) is 0.153. The van der Waals surface area contributed by atoms with Crippen LogP contribution in [-0.4, -0.2) is 54.0 Å². The number of nitrogens with one attached hydrogen (secondary N) is 1. The van der Waals surface area contributed by atoms with Gasteiger partial charge < -0.3 is 19.6 Å². The predicted octanol–water partition coefficient (Wildman–Crippen LogP) is 5.50. The van der Waals surface area contributed by atoms with Crippen molar-refractivity contribution < 1.29 is 26.8 Å². The first-order valence-electron chi connectivity index (χ1n) is 13.9. The SMILES string of the molecule is O=CON(c1ccc(Nc2cc(-c3ccc4c(ccn4CCN4CCCC4)c3)ncn2)cc1)S(=O)(=O)c1ccc(F)cc1F. The van der Waals surface area contributed by atoms with Crippen LogP contribution in [0.5, 0.6) is 0 Å². The number of sulfonamides is 1. The molecule has 3 aromatic carbocycles. The number of carbonyl (C=O) groups is 1. The van der Waals surface area contributed by atoms with Crippen molar-refractivity contribution in [1.29, 1.82) is 0 Å². The number of hydrogen-bond donors (Lipinski definition) is 1. The number of aromatic nitrogens is 3. The normalized spacial score (nSPS) is 13.7. The predicted molar refractivity (Wildman–Crippen MR) is 162 cm³/mol. The zero-order valence-electron chi connectivity index (χ0n) is 23.4. The Morgan fingerprint density at radius 2 is 1.73 bits per heavy atom. The second-order valence-corrected chi connectivity index (χ2v) is 12.0. The summed E-state index contributed by atoms with van der Waals surface area (Å²) in [4.78, 5) is 26.2. The molecule has 6 rings (SSSR count). The van der Waals surface area contributed by atoms with E-state index in [4.69, 9.17) is 0 Å². The number of hydrogen-bond acceptors (Lipinski definition) is 8. The van der Waals surface area contributed by atoms with E-state index in [0.29, 0.717) is 23.3 Å². The molecular weight excluding hydrogens is 590 g/mol. The molecule has 0 aliphatic carbocycles. The first-order valence-corrected chi connectivity index (χ1v) is 15.4. The van der Waals surface area contributed by atoms with Crippen LogP contribution in [-0.2, 0) is 26.2 Å². The van der Waals surface area contributed by atoms with Crippen LogP contribution in [0.1, 0.15) is 12.8 Å².